The summed E-state index contributed by atoms with van der Waals surface area (Å²) in [6.45, 7) is 4.79. The van der Waals surface area contributed by atoms with Crippen LogP contribution in [0.5, 0.6) is 5.75 Å². The van der Waals surface area contributed by atoms with Gasteiger partial charge in [0.2, 0.25) is 15.9 Å². The van der Waals surface area contributed by atoms with E-state index in [1.54, 1.807) is 57.2 Å². The lowest BCUT2D eigenvalue weighted by atomic mass is 9.97. The molecule has 0 saturated carbocycles. The second-order valence-electron chi connectivity index (χ2n) is 11.3. The van der Waals surface area contributed by atoms with Crippen molar-refractivity contribution in [3.63, 3.8) is 0 Å². The van der Waals surface area contributed by atoms with Gasteiger partial charge in [-0.2, -0.15) is 4.31 Å². The summed E-state index contributed by atoms with van der Waals surface area (Å²) in [6, 6.07) is 11.4. The molecule has 224 valence electrons. The number of likely N-dealkylation sites (N-methyl/N-ethyl adjacent to an activating group) is 1. The molecule has 2 aromatic rings. The highest BCUT2D eigenvalue weighted by atomic mass is 32.2. The van der Waals surface area contributed by atoms with Gasteiger partial charge in [-0.05, 0) is 55.2 Å². The lowest BCUT2D eigenvalue weighted by Crippen LogP contribution is -2.50. The van der Waals surface area contributed by atoms with Crippen LogP contribution >= 0.6 is 0 Å². The Hall–Kier alpha value is -2.99. The number of hydrogen-bond donors (Lipinski definition) is 1. The van der Waals surface area contributed by atoms with Gasteiger partial charge in [-0.1, -0.05) is 25.1 Å². The van der Waals surface area contributed by atoms with Crippen molar-refractivity contribution in [3.05, 3.63) is 48.0 Å². The first kappa shape index (κ1) is 31.0. The highest BCUT2D eigenvalue weighted by molar-refractivity contribution is 7.89. The molecule has 0 radical (unpaired) electrons. The minimum absolute atomic E-state index is 0.0104. The Morgan fingerprint density at radius 3 is 2.29 bits per heavy atom. The van der Waals surface area contributed by atoms with Crippen LogP contribution in [0, 0.1) is 11.8 Å². The molecule has 1 N–H and O–H groups in total. The second-order valence-corrected chi connectivity index (χ2v) is 13.1. The van der Waals surface area contributed by atoms with E-state index in [-0.39, 0.29) is 54.0 Å². The Labute approximate surface area is 242 Å². The molecule has 0 aliphatic carbocycles. The number of amides is 2. The number of benzene rings is 2. The average molecular weight is 588 g/mol. The minimum Gasteiger partial charge on any atom is -0.487 e. The standard InChI is InChI=1S/C30H41N3O7S/c1-20-17-33(21(2)19-34)41(37,38)28-11-10-25(22-6-8-23(9-7-22)29(35)31(3)4)16-26(28)40-27(20)18-32(5)30(36)24-12-14-39-15-13-24/h6-11,16,20-21,24,27,34H,12-15,17-19H2,1-5H3/t20-,21-,27+/m1/s1. The van der Waals surface area contributed by atoms with Crippen LogP contribution in [-0.4, -0.2) is 106 Å². The van der Waals surface area contributed by atoms with Gasteiger partial charge in [-0.25, -0.2) is 8.42 Å². The fourth-order valence-corrected chi connectivity index (χ4v) is 7.13. The molecule has 3 atom stereocenters. The van der Waals surface area contributed by atoms with Gasteiger partial charge in [0.05, 0.1) is 13.2 Å². The number of aliphatic hydroxyl groups is 1. The highest BCUT2D eigenvalue weighted by Crippen LogP contribution is 2.37. The zero-order chi connectivity index (χ0) is 29.9. The fraction of sp³-hybridized carbons (Fsp3) is 0.533. The first-order valence-electron chi connectivity index (χ1n) is 14.0. The summed E-state index contributed by atoms with van der Waals surface area (Å²) >= 11 is 0. The Balaban J connectivity index is 1.70. The van der Waals surface area contributed by atoms with Crippen LogP contribution in [0.1, 0.15) is 37.0 Å². The quantitative estimate of drug-likeness (QED) is 0.530. The normalized spacial score (nSPS) is 22.0. The van der Waals surface area contributed by atoms with Crippen LogP contribution < -0.4 is 4.74 Å². The maximum absolute atomic E-state index is 13.8. The molecule has 1 saturated heterocycles. The van der Waals surface area contributed by atoms with Crippen LogP contribution in [0.15, 0.2) is 47.4 Å². The van der Waals surface area contributed by atoms with E-state index >= 15 is 0 Å². The molecule has 2 heterocycles. The Bertz CT molecular complexity index is 1340. The van der Waals surface area contributed by atoms with Crippen molar-refractivity contribution >= 4 is 21.8 Å². The van der Waals surface area contributed by atoms with Gasteiger partial charge in [0, 0.05) is 64.3 Å². The lowest BCUT2D eigenvalue weighted by molar-refractivity contribution is -0.138. The van der Waals surface area contributed by atoms with Crippen molar-refractivity contribution in [3.8, 4) is 16.9 Å². The van der Waals surface area contributed by atoms with E-state index in [1.807, 2.05) is 19.1 Å². The maximum Gasteiger partial charge on any atom is 0.253 e. The smallest absolute Gasteiger partial charge is 0.253 e. The van der Waals surface area contributed by atoms with Crippen LogP contribution in [0.4, 0.5) is 0 Å². The predicted octanol–water partition coefficient (Wildman–Crippen LogP) is 2.71. The molecular formula is C30H41N3O7S. The van der Waals surface area contributed by atoms with Gasteiger partial charge in [0.1, 0.15) is 16.7 Å². The van der Waals surface area contributed by atoms with E-state index in [0.29, 0.717) is 31.6 Å². The summed E-state index contributed by atoms with van der Waals surface area (Å²) in [5.41, 5.74) is 2.06. The average Bonchev–Trinajstić information content (AvgIpc) is 2.97. The van der Waals surface area contributed by atoms with Gasteiger partial charge in [0.25, 0.3) is 5.91 Å². The Kier molecular flexibility index (Phi) is 9.73. The summed E-state index contributed by atoms with van der Waals surface area (Å²) in [5.74, 6) is -0.282. The van der Waals surface area contributed by atoms with Crippen LogP contribution in [0.25, 0.3) is 11.1 Å². The third-order valence-corrected chi connectivity index (χ3v) is 9.96. The molecule has 0 spiro atoms. The van der Waals surface area contributed by atoms with Crippen molar-refractivity contribution in [2.75, 3.05) is 54.1 Å². The summed E-state index contributed by atoms with van der Waals surface area (Å²) in [6.07, 6.45) is 0.854. The summed E-state index contributed by atoms with van der Waals surface area (Å²) in [5, 5.41) is 9.90. The predicted molar refractivity (Wildman–Crippen MR) is 155 cm³/mol. The number of carbonyl (C=O) groups is 2. The summed E-state index contributed by atoms with van der Waals surface area (Å²) < 4.78 is 40.8. The SMILES string of the molecule is C[C@@H]1CN([C@H](C)CO)S(=O)(=O)c2ccc(-c3ccc(C(=O)N(C)C)cc3)cc2O[C@H]1CN(C)C(=O)C1CCOCC1. The summed E-state index contributed by atoms with van der Waals surface area (Å²) in [4.78, 5) is 28.7. The molecule has 2 aliphatic heterocycles. The number of ether oxygens (including phenoxy) is 2. The van der Waals surface area contributed by atoms with Crippen molar-refractivity contribution in [1.29, 1.82) is 0 Å². The first-order valence-corrected chi connectivity index (χ1v) is 15.5. The molecule has 2 aromatic carbocycles. The first-order chi connectivity index (χ1) is 19.4. The molecule has 11 heteroatoms. The Morgan fingerprint density at radius 2 is 1.68 bits per heavy atom. The van der Waals surface area contributed by atoms with E-state index in [4.69, 9.17) is 9.47 Å². The number of rotatable bonds is 7. The topological polar surface area (TPSA) is 117 Å². The molecule has 2 aliphatic rings. The maximum atomic E-state index is 13.8. The van der Waals surface area contributed by atoms with Gasteiger partial charge < -0.3 is 24.4 Å². The monoisotopic (exact) mass is 587 g/mol. The number of sulfonamides is 1. The number of carbonyl (C=O) groups excluding carboxylic acids is 2. The van der Waals surface area contributed by atoms with E-state index in [1.165, 1.54) is 15.3 Å². The van der Waals surface area contributed by atoms with Crippen molar-refractivity contribution < 1.29 is 32.6 Å². The molecule has 2 amide bonds. The Morgan fingerprint density at radius 1 is 1.05 bits per heavy atom. The molecule has 4 rings (SSSR count). The number of fused-ring (bicyclic) bond motifs is 1. The van der Waals surface area contributed by atoms with Crippen molar-refractivity contribution in [2.24, 2.45) is 11.8 Å². The molecule has 0 unspecified atom stereocenters. The van der Waals surface area contributed by atoms with Crippen LogP contribution in [0.3, 0.4) is 0 Å². The van der Waals surface area contributed by atoms with E-state index in [9.17, 15) is 23.1 Å². The van der Waals surface area contributed by atoms with Crippen molar-refractivity contribution in [2.45, 2.75) is 43.7 Å². The van der Waals surface area contributed by atoms with Gasteiger partial charge in [-0.3, -0.25) is 9.59 Å². The van der Waals surface area contributed by atoms with Gasteiger partial charge >= 0.3 is 0 Å². The zero-order valence-electron chi connectivity index (χ0n) is 24.4. The largest absolute Gasteiger partial charge is 0.487 e. The lowest BCUT2D eigenvalue weighted by Gasteiger charge is -2.38. The zero-order valence-corrected chi connectivity index (χ0v) is 25.3. The molecule has 0 aromatic heterocycles. The molecule has 10 nitrogen and oxygen atoms in total. The number of aliphatic hydroxyl groups excluding tert-OH is 1. The highest BCUT2D eigenvalue weighted by Gasteiger charge is 2.39. The van der Waals surface area contributed by atoms with Crippen LogP contribution in [0.2, 0.25) is 0 Å². The van der Waals surface area contributed by atoms with Gasteiger partial charge in [0.15, 0.2) is 0 Å². The molecular weight excluding hydrogens is 546 g/mol. The van der Waals surface area contributed by atoms with Crippen LogP contribution in [-0.2, 0) is 19.6 Å². The minimum atomic E-state index is -3.99. The molecule has 1 fully saturated rings. The van der Waals surface area contributed by atoms with Crippen molar-refractivity contribution in [1.82, 2.24) is 14.1 Å². The number of nitrogens with zero attached hydrogens (tertiary/aromatic N) is 3. The van der Waals surface area contributed by atoms with Gasteiger partial charge in [-0.15, -0.1) is 0 Å². The fourth-order valence-electron chi connectivity index (χ4n) is 5.30. The third-order valence-electron chi connectivity index (χ3n) is 7.94. The van der Waals surface area contributed by atoms with E-state index in [2.05, 4.69) is 0 Å². The summed E-state index contributed by atoms with van der Waals surface area (Å²) in [7, 11) is 1.14. The van der Waals surface area contributed by atoms with E-state index in [0.717, 1.165) is 11.1 Å². The molecule has 0 bridgehead atoms. The molecule has 41 heavy (non-hydrogen) atoms. The van der Waals surface area contributed by atoms with E-state index < -0.39 is 22.2 Å². The third kappa shape index (κ3) is 6.74. The number of hydrogen-bond acceptors (Lipinski definition) is 7. The second kappa shape index (κ2) is 12.9.